The van der Waals surface area contributed by atoms with E-state index in [-0.39, 0.29) is 0 Å². The molecule has 0 unspecified atom stereocenters. The molecule has 0 saturated carbocycles. The Morgan fingerprint density at radius 3 is 2.31 bits per heavy atom. The standard InChI is InChI=1S/C26H31N3O3/c30-25-23(24(26(25)31)28-18-20-9-3-1-4-10-20)27-13-8-16-32-22-12-7-11-21(17-22)19-29-14-5-2-6-15-29/h1,3-4,7,9-12,17,27-28H,2,5-6,8,13-16,18-19H2. The zero-order chi connectivity index (χ0) is 22.2. The van der Waals surface area contributed by atoms with Gasteiger partial charge < -0.3 is 15.4 Å². The lowest BCUT2D eigenvalue weighted by molar-refractivity contribution is 0.220. The van der Waals surface area contributed by atoms with Crippen LogP contribution in [0.25, 0.3) is 0 Å². The van der Waals surface area contributed by atoms with Gasteiger partial charge in [0.25, 0.3) is 10.9 Å². The molecule has 1 fully saturated rings. The molecule has 4 rings (SSSR count). The maximum Gasteiger partial charge on any atom is 0.253 e. The van der Waals surface area contributed by atoms with Crippen LogP contribution in [0.2, 0.25) is 0 Å². The van der Waals surface area contributed by atoms with Gasteiger partial charge in [-0.05, 0) is 55.6 Å². The highest BCUT2D eigenvalue weighted by Gasteiger charge is 2.20. The van der Waals surface area contributed by atoms with Gasteiger partial charge in [-0.2, -0.15) is 0 Å². The minimum Gasteiger partial charge on any atom is -0.494 e. The van der Waals surface area contributed by atoms with Crippen molar-refractivity contribution in [3.8, 4) is 5.75 Å². The van der Waals surface area contributed by atoms with E-state index in [0.29, 0.717) is 31.1 Å². The average molecular weight is 434 g/mol. The van der Waals surface area contributed by atoms with E-state index in [1.165, 1.54) is 37.9 Å². The number of benzene rings is 2. The van der Waals surface area contributed by atoms with Crippen LogP contribution in [0.4, 0.5) is 11.4 Å². The molecule has 6 nitrogen and oxygen atoms in total. The highest BCUT2D eigenvalue weighted by Crippen LogP contribution is 2.18. The summed E-state index contributed by atoms with van der Waals surface area (Å²) in [5.74, 6) is 0.874. The van der Waals surface area contributed by atoms with E-state index < -0.39 is 10.9 Å². The number of hydrogen-bond donors (Lipinski definition) is 2. The Balaban J connectivity index is 1.20. The molecule has 1 aliphatic rings. The molecule has 0 aliphatic carbocycles. The van der Waals surface area contributed by atoms with Gasteiger partial charge in [0, 0.05) is 19.6 Å². The molecular weight excluding hydrogens is 402 g/mol. The number of anilines is 2. The molecule has 1 saturated heterocycles. The molecule has 0 spiro atoms. The van der Waals surface area contributed by atoms with Gasteiger partial charge in [-0.1, -0.05) is 48.9 Å². The predicted octanol–water partition coefficient (Wildman–Crippen LogP) is 3.76. The molecule has 3 aromatic carbocycles. The molecule has 6 heteroatoms. The van der Waals surface area contributed by atoms with Gasteiger partial charge in [0.1, 0.15) is 17.1 Å². The molecule has 0 radical (unpaired) electrons. The molecule has 0 bridgehead atoms. The van der Waals surface area contributed by atoms with Crippen molar-refractivity contribution in [2.75, 3.05) is 36.9 Å². The first-order chi connectivity index (χ1) is 15.7. The zero-order valence-corrected chi connectivity index (χ0v) is 18.4. The smallest absolute Gasteiger partial charge is 0.253 e. The van der Waals surface area contributed by atoms with Crippen molar-refractivity contribution in [3.05, 3.63) is 86.2 Å². The fourth-order valence-electron chi connectivity index (χ4n) is 4.10. The minimum absolute atomic E-state index is 0.380. The van der Waals surface area contributed by atoms with Crippen LogP contribution in [0.15, 0.2) is 64.2 Å². The van der Waals surface area contributed by atoms with Gasteiger partial charge in [0.2, 0.25) is 0 Å². The van der Waals surface area contributed by atoms with Crippen molar-refractivity contribution >= 4 is 11.4 Å². The maximum atomic E-state index is 11.9. The fraction of sp³-hybridized carbons (Fsp3) is 0.385. The number of likely N-dealkylation sites (tertiary alicyclic amines) is 1. The highest BCUT2D eigenvalue weighted by molar-refractivity contribution is 5.73. The van der Waals surface area contributed by atoms with Crippen molar-refractivity contribution in [1.82, 2.24) is 4.90 Å². The lowest BCUT2D eigenvalue weighted by Crippen LogP contribution is -2.37. The second-order valence-electron chi connectivity index (χ2n) is 8.36. The van der Waals surface area contributed by atoms with Crippen LogP contribution in [-0.2, 0) is 13.1 Å². The van der Waals surface area contributed by atoms with Gasteiger partial charge in [-0.15, -0.1) is 0 Å². The zero-order valence-electron chi connectivity index (χ0n) is 18.4. The second kappa shape index (κ2) is 11.0. The van der Waals surface area contributed by atoms with E-state index in [4.69, 9.17) is 4.74 Å². The molecule has 0 atom stereocenters. The molecule has 0 aromatic heterocycles. The lowest BCUT2D eigenvalue weighted by atomic mass is 10.1. The minimum atomic E-state index is -0.454. The van der Waals surface area contributed by atoms with Crippen molar-refractivity contribution in [2.45, 2.75) is 38.8 Å². The third kappa shape index (κ3) is 5.77. The van der Waals surface area contributed by atoms with Crippen LogP contribution in [0.1, 0.15) is 36.8 Å². The Bertz CT molecular complexity index is 1070. The van der Waals surface area contributed by atoms with Crippen LogP contribution in [0, 0.1) is 0 Å². The summed E-state index contributed by atoms with van der Waals surface area (Å²) in [4.78, 5) is 26.3. The highest BCUT2D eigenvalue weighted by atomic mass is 16.5. The van der Waals surface area contributed by atoms with Gasteiger partial charge >= 0.3 is 0 Å². The molecule has 1 aliphatic heterocycles. The Kier molecular flexibility index (Phi) is 7.56. The summed E-state index contributed by atoms with van der Waals surface area (Å²) in [5, 5.41) is 6.18. The summed E-state index contributed by atoms with van der Waals surface area (Å²) >= 11 is 0. The van der Waals surface area contributed by atoms with Crippen molar-refractivity contribution in [1.29, 1.82) is 0 Å². The lowest BCUT2D eigenvalue weighted by Gasteiger charge is -2.26. The number of rotatable bonds is 11. The Morgan fingerprint density at radius 1 is 0.812 bits per heavy atom. The molecular formula is C26H31N3O3. The first-order valence-corrected chi connectivity index (χ1v) is 11.5. The number of nitrogens with one attached hydrogen (secondary N) is 2. The van der Waals surface area contributed by atoms with Gasteiger partial charge in [-0.25, -0.2) is 0 Å². The first-order valence-electron chi connectivity index (χ1n) is 11.5. The Hall–Kier alpha value is -3.12. The van der Waals surface area contributed by atoms with Crippen LogP contribution >= 0.6 is 0 Å². The Labute approximate surface area is 188 Å². The van der Waals surface area contributed by atoms with Crippen LogP contribution in [-0.4, -0.2) is 31.1 Å². The number of piperidine rings is 1. The fourth-order valence-corrected chi connectivity index (χ4v) is 4.10. The molecule has 32 heavy (non-hydrogen) atoms. The number of hydrogen-bond acceptors (Lipinski definition) is 6. The quantitative estimate of drug-likeness (QED) is 0.354. The van der Waals surface area contributed by atoms with Crippen molar-refractivity contribution in [3.63, 3.8) is 0 Å². The maximum absolute atomic E-state index is 11.9. The van der Waals surface area contributed by atoms with E-state index in [2.05, 4.69) is 27.7 Å². The molecule has 168 valence electrons. The summed E-state index contributed by atoms with van der Waals surface area (Å²) < 4.78 is 5.91. The van der Waals surface area contributed by atoms with Crippen molar-refractivity contribution in [2.24, 2.45) is 0 Å². The van der Waals surface area contributed by atoms with E-state index in [1.807, 2.05) is 42.5 Å². The largest absolute Gasteiger partial charge is 0.494 e. The topological polar surface area (TPSA) is 70.7 Å². The van der Waals surface area contributed by atoms with Gasteiger partial charge in [-0.3, -0.25) is 14.5 Å². The third-order valence-electron chi connectivity index (χ3n) is 5.87. The van der Waals surface area contributed by atoms with E-state index in [1.54, 1.807) is 0 Å². The monoisotopic (exact) mass is 433 g/mol. The number of nitrogens with zero attached hydrogens (tertiary/aromatic N) is 1. The SMILES string of the molecule is O=c1c(NCCCOc2cccc(CN3CCCCC3)c2)c(NCc2ccccc2)c1=O. The summed E-state index contributed by atoms with van der Waals surface area (Å²) in [5.41, 5.74) is 2.19. The third-order valence-corrected chi connectivity index (χ3v) is 5.87. The normalized spacial score (nSPS) is 14.4. The molecule has 1 heterocycles. The summed E-state index contributed by atoms with van der Waals surface area (Å²) in [6.45, 7) is 4.95. The van der Waals surface area contributed by atoms with E-state index in [0.717, 1.165) is 24.3 Å². The number of ether oxygens (including phenoxy) is 1. The van der Waals surface area contributed by atoms with Crippen LogP contribution in [0.5, 0.6) is 5.75 Å². The molecule has 3 aromatic rings. The Morgan fingerprint density at radius 2 is 1.53 bits per heavy atom. The van der Waals surface area contributed by atoms with Crippen molar-refractivity contribution < 1.29 is 4.74 Å². The second-order valence-corrected chi connectivity index (χ2v) is 8.36. The molecule has 2 N–H and O–H groups in total. The molecule has 0 amide bonds. The summed E-state index contributed by atoms with van der Waals surface area (Å²) in [6.07, 6.45) is 4.65. The van der Waals surface area contributed by atoms with E-state index in [9.17, 15) is 9.59 Å². The van der Waals surface area contributed by atoms with Crippen LogP contribution < -0.4 is 26.2 Å². The van der Waals surface area contributed by atoms with Gasteiger partial charge in [0.05, 0.1) is 6.61 Å². The van der Waals surface area contributed by atoms with E-state index >= 15 is 0 Å². The average Bonchev–Trinajstić information content (AvgIpc) is 2.84. The summed E-state index contributed by atoms with van der Waals surface area (Å²) in [7, 11) is 0. The first kappa shape index (κ1) is 22.1. The van der Waals surface area contributed by atoms with Gasteiger partial charge in [0.15, 0.2) is 0 Å². The predicted molar refractivity (Wildman–Crippen MR) is 129 cm³/mol. The van der Waals surface area contributed by atoms with Crippen LogP contribution in [0.3, 0.4) is 0 Å². The summed E-state index contributed by atoms with van der Waals surface area (Å²) in [6, 6.07) is 18.1.